The maximum atomic E-state index is 13.6. The highest BCUT2D eigenvalue weighted by atomic mass is 32.1. The molecule has 0 aliphatic carbocycles. The maximum Gasteiger partial charge on any atom is 0.306 e. The molecule has 0 fully saturated rings. The van der Waals surface area contributed by atoms with Crippen molar-refractivity contribution in [1.29, 1.82) is 0 Å². The number of anilines is 1. The summed E-state index contributed by atoms with van der Waals surface area (Å²) in [7, 11) is 0. The molecule has 146 valence electrons. The average Bonchev–Trinajstić information content (AvgIpc) is 3.09. The van der Waals surface area contributed by atoms with Crippen molar-refractivity contribution < 1.29 is 27.5 Å². The normalized spacial score (nSPS) is 12.0. The lowest BCUT2D eigenvalue weighted by molar-refractivity contribution is -0.153. The molecule has 1 N–H and O–H groups in total. The Bertz CT molecular complexity index is 1010. The standard InChI is InChI=1S/C19H15F3N2O3S/c1-10(19(26)24-13-7-6-11(20)17(21)18(13)22)27-16(25)9-8-15-23-12-4-2-3-5-14(12)28-15/h2-7,10H,8-9H2,1H3,(H,24,26)/t10-/m1/s1. The van der Waals surface area contributed by atoms with Gasteiger partial charge in [0, 0.05) is 6.42 Å². The minimum atomic E-state index is -1.70. The fourth-order valence-electron chi connectivity index (χ4n) is 2.40. The van der Waals surface area contributed by atoms with Gasteiger partial charge in [-0.2, -0.15) is 0 Å². The number of amides is 1. The number of halogens is 3. The third-order valence-electron chi connectivity index (χ3n) is 3.85. The Morgan fingerprint density at radius 3 is 2.64 bits per heavy atom. The summed E-state index contributed by atoms with van der Waals surface area (Å²) >= 11 is 1.46. The molecule has 0 aliphatic heterocycles. The highest BCUT2D eigenvalue weighted by Crippen LogP contribution is 2.23. The van der Waals surface area contributed by atoms with E-state index in [-0.39, 0.29) is 6.42 Å². The van der Waals surface area contributed by atoms with E-state index in [4.69, 9.17) is 4.74 Å². The summed E-state index contributed by atoms with van der Waals surface area (Å²) in [4.78, 5) is 28.4. The van der Waals surface area contributed by atoms with Crippen LogP contribution in [-0.2, 0) is 20.7 Å². The molecule has 0 saturated carbocycles. The number of fused-ring (bicyclic) bond motifs is 1. The van der Waals surface area contributed by atoms with E-state index in [2.05, 4.69) is 10.3 Å². The Labute approximate surface area is 162 Å². The number of nitrogens with zero attached hydrogens (tertiary/aromatic N) is 1. The number of ether oxygens (including phenoxy) is 1. The van der Waals surface area contributed by atoms with Crippen molar-refractivity contribution in [2.24, 2.45) is 0 Å². The molecule has 0 aliphatic rings. The molecule has 1 atom stereocenters. The number of carbonyl (C=O) groups is 2. The number of aryl methyl sites for hydroxylation is 1. The quantitative estimate of drug-likeness (QED) is 0.490. The number of rotatable bonds is 6. The van der Waals surface area contributed by atoms with Crippen LogP contribution in [0.5, 0.6) is 0 Å². The number of hydrogen-bond acceptors (Lipinski definition) is 5. The van der Waals surface area contributed by atoms with Crippen LogP contribution >= 0.6 is 11.3 Å². The number of thiazole rings is 1. The van der Waals surface area contributed by atoms with Crippen molar-refractivity contribution in [1.82, 2.24) is 4.98 Å². The average molecular weight is 408 g/mol. The van der Waals surface area contributed by atoms with Crippen LogP contribution in [0.2, 0.25) is 0 Å². The van der Waals surface area contributed by atoms with E-state index < -0.39 is 41.1 Å². The predicted molar refractivity (Wildman–Crippen MR) is 98.4 cm³/mol. The van der Waals surface area contributed by atoms with Crippen LogP contribution in [0.3, 0.4) is 0 Å². The summed E-state index contributed by atoms with van der Waals surface area (Å²) in [6, 6.07) is 9.14. The molecule has 0 unspecified atom stereocenters. The van der Waals surface area contributed by atoms with Gasteiger partial charge in [0.25, 0.3) is 5.91 Å². The Balaban J connectivity index is 1.53. The van der Waals surface area contributed by atoms with Gasteiger partial charge in [0.05, 0.1) is 27.3 Å². The monoisotopic (exact) mass is 408 g/mol. The SMILES string of the molecule is C[C@@H](OC(=O)CCc1nc2ccccc2s1)C(=O)Nc1ccc(F)c(F)c1F. The largest absolute Gasteiger partial charge is 0.453 e. The van der Waals surface area contributed by atoms with E-state index in [0.717, 1.165) is 21.3 Å². The van der Waals surface area contributed by atoms with E-state index in [1.54, 1.807) is 0 Å². The summed E-state index contributed by atoms with van der Waals surface area (Å²) in [5.74, 6) is -6.09. The van der Waals surface area contributed by atoms with Gasteiger partial charge >= 0.3 is 5.97 Å². The first-order valence-electron chi connectivity index (χ1n) is 8.33. The van der Waals surface area contributed by atoms with Crippen LogP contribution in [0.15, 0.2) is 36.4 Å². The van der Waals surface area contributed by atoms with Crippen molar-refractivity contribution in [3.63, 3.8) is 0 Å². The second-order valence-electron chi connectivity index (χ2n) is 5.92. The lowest BCUT2D eigenvalue weighted by Gasteiger charge is -2.14. The van der Waals surface area contributed by atoms with Gasteiger partial charge in [-0.05, 0) is 31.2 Å². The van der Waals surface area contributed by atoms with Crippen molar-refractivity contribution in [3.8, 4) is 0 Å². The van der Waals surface area contributed by atoms with Gasteiger partial charge in [0.2, 0.25) is 0 Å². The number of hydrogen-bond donors (Lipinski definition) is 1. The van der Waals surface area contributed by atoms with Gasteiger partial charge in [0.15, 0.2) is 23.6 Å². The van der Waals surface area contributed by atoms with Gasteiger partial charge in [-0.3, -0.25) is 9.59 Å². The Morgan fingerprint density at radius 1 is 1.14 bits per heavy atom. The Morgan fingerprint density at radius 2 is 1.89 bits per heavy atom. The van der Waals surface area contributed by atoms with Crippen LogP contribution in [0, 0.1) is 17.5 Å². The lowest BCUT2D eigenvalue weighted by Crippen LogP contribution is -2.30. The van der Waals surface area contributed by atoms with E-state index >= 15 is 0 Å². The molecule has 5 nitrogen and oxygen atoms in total. The van der Waals surface area contributed by atoms with Crippen molar-refractivity contribution in [2.75, 3.05) is 5.32 Å². The molecule has 3 rings (SSSR count). The summed E-state index contributed by atoms with van der Waals surface area (Å²) in [6.07, 6.45) is -0.878. The first-order chi connectivity index (χ1) is 13.3. The van der Waals surface area contributed by atoms with Crippen LogP contribution < -0.4 is 5.32 Å². The molecule has 2 aromatic carbocycles. The minimum Gasteiger partial charge on any atom is -0.453 e. The maximum absolute atomic E-state index is 13.6. The molecule has 0 saturated heterocycles. The molecular formula is C19H15F3N2O3S. The Hall–Kier alpha value is -2.94. The van der Waals surface area contributed by atoms with Crippen molar-refractivity contribution in [2.45, 2.75) is 25.9 Å². The van der Waals surface area contributed by atoms with Crippen LogP contribution in [0.25, 0.3) is 10.2 Å². The van der Waals surface area contributed by atoms with Crippen LogP contribution in [0.1, 0.15) is 18.4 Å². The number of carbonyl (C=O) groups excluding carboxylic acids is 2. The van der Waals surface area contributed by atoms with E-state index in [0.29, 0.717) is 12.5 Å². The van der Waals surface area contributed by atoms with E-state index in [1.165, 1.54) is 18.3 Å². The van der Waals surface area contributed by atoms with Crippen LogP contribution in [-0.4, -0.2) is 23.0 Å². The number of para-hydroxylation sites is 1. The smallest absolute Gasteiger partial charge is 0.306 e. The number of benzene rings is 2. The molecular weight excluding hydrogens is 393 g/mol. The number of esters is 1. The summed E-state index contributed by atoms with van der Waals surface area (Å²) < 4.78 is 45.7. The first-order valence-corrected chi connectivity index (χ1v) is 9.15. The van der Waals surface area contributed by atoms with Gasteiger partial charge in [-0.25, -0.2) is 18.2 Å². The molecule has 3 aromatic rings. The van der Waals surface area contributed by atoms with E-state index in [9.17, 15) is 22.8 Å². The summed E-state index contributed by atoms with van der Waals surface area (Å²) in [5.41, 5.74) is 0.304. The van der Waals surface area contributed by atoms with Gasteiger partial charge < -0.3 is 10.1 Å². The fraction of sp³-hybridized carbons (Fsp3) is 0.211. The molecule has 0 radical (unpaired) electrons. The predicted octanol–water partition coefficient (Wildman–Crippen LogP) is 4.22. The minimum absolute atomic E-state index is 0.0109. The molecule has 28 heavy (non-hydrogen) atoms. The number of aromatic nitrogens is 1. The molecule has 1 heterocycles. The van der Waals surface area contributed by atoms with Gasteiger partial charge in [0.1, 0.15) is 0 Å². The third-order valence-corrected chi connectivity index (χ3v) is 4.95. The third kappa shape index (κ3) is 4.48. The fourth-order valence-corrected chi connectivity index (χ4v) is 3.37. The molecule has 0 bridgehead atoms. The van der Waals surface area contributed by atoms with Gasteiger partial charge in [-0.1, -0.05) is 12.1 Å². The summed E-state index contributed by atoms with van der Waals surface area (Å²) in [6.45, 7) is 1.29. The van der Waals surface area contributed by atoms with E-state index in [1.807, 2.05) is 24.3 Å². The number of nitrogens with one attached hydrogen (secondary N) is 1. The second kappa shape index (κ2) is 8.39. The topological polar surface area (TPSA) is 68.3 Å². The summed E-state index contributed by atoms with van der Waals surface area (Å²) in [5, 5.41) is 2.83. The molecule has 1 amide bonds. The molecule has 9 heteroatoms. The van der Waals surface area contributed by atoms with Crippen LogP contribution in [0.4, 0.5) is 18.9 Å². The lowest BCUT2D eigenvalue weighted by atomic mass is 10.2. The zero-order chi connectivity index (χ0) is 20.3. The molecule has 1 aromatic heterocycles. The zero-order valence-electron chi connectivity index (χ0n) is 14.7. The first kappa shape index (κ1) is 19.8. The van der Waals surface area contributed by atoms with Crippen molar-refractivity contribution in [3.05, 3.63) is 58.9 Å². The Kier molecular flexibility index (Phi) is 5.93. The highest BCUT2D eigenvalue weighted by Gasteiger charge is 2.21. The zero-order valence-corrected chi connectivity index (χ0v) is 15.5. The van der Waals surface area contributed by atoms with Crippen molar-refractivity contribution >= 4 is 39.1 Å². The van der Waals surface area contributed by atoms with Gasteiger partial charge in [-0.15, -0.1) is 11.3 Å². The second-order valence-corrected chi connectivity index (χ2v) is 7.03. The highest BCUT2D eigenvalue weighted by molar-refractivity contribution is 7.18. The molecule has 0 spiro atoms.